The Hall–Kier alpha value is -0.940. The van der Waals surface area contributed by atoms with Crippen molar-refractivity contribution in [2.75, 3.05) is 0 Å². The lowest BCUT2D eigenvalue weighted by atomic mass is 10.2. The van der Waals surface area contributed by atoms with Crippen LogP contribution in [0.3, 0.4) is 0 Å². The van der Waals surface area contributed by atoms with Gasteiger partial charge in [0.25, 0.3) is 5.69 Å². The number of nitro benzene ring substituents is 1. The molecule has 0 saturated heterocycles. The molecular formula is C12H15BrN2O2. The highest BCUT2D eigenvalue weighted by Gasteiger charge is 2.34. The molecule has 1 aromatic rings. The van der Waals surface area contributed by atoms with E-state index in [1.165, 1.54) is 18.9 Å². The Balaban J connectivity index is 1.98. The summed E-state index contributed by atoms with van der Waals surface area (Å²) in [6, 6.07) is 5.66. The molecule has 2 atom stereocenters. The molecule has 0 aromatic heterocycles. The van der Waals surface area contributed by atoms with Gasteiger partial charge in [0, 0.05) is 29.2 Å². The lowest BCUT2D eigenvalue weighted by Crippen LogP contribution is -2.17. The Morgan fingerprint density at radius 3 is 2.88 bits per heavy atom. The quantitative estimate of drug-likeness (QED) is 0.670. The van der Waals surface area contributed by atoms with Crippen LogP contribution in [0.25, 0.3) is 0 Å². The number of nitrogens with one attached hydrogen (secondary N) is 1. The summed E-state index contributed by atoms with van der Waals surface area (Å²) in [6.07, 6.45) is 2.43. The van der Waals surface area contributed by atoms with Crippen LogP contribution in [0, 0.1) is 16.0 Å². The monoisotopic (exact) mass is 298 g/mol. The molecule has 2 unspecified atom stereocenters. The van der Waals surface area contributed by atoms with Crippen LogP contribution in [0.1, 0.15) is 25.3 Å². The van der Waals surface area contributed by atoms with Gasteiger partial charge < -0.3 is 5.32 Å². The third-order valence-corrected chi connectivity index (χ3v) is 3.63. The molecule has 2 rings (SSSR count). The second kappa shape index (κ2) is 5.14. The van der Waals surface area contributed by atoms with Gasteiger partial charge in [-0.3, -0.25) is 10.1 Å². The zero-order valence-corrected chi connectivity index (χ0v) is 11.2. The fourth-order valence-electron chi connectivity index (χ4n) is 2.04. The van der Waals surface area contributed by atoms with E-state index in [-0.39, 0.29) is 10.6 Å². The molecule has 1 aromatic carbocycles. The highest BCUT2D eigenvalue weighted by molar-refractivity contribution is 9.10. The van der Waals surface area contributed by atoms with Crippen molar-refractivity contribution in [3.8, 4) is 0 Å². The van der Waals surface area contributed by atoms with Crippen molar-refractivity contribution in [3.63, 3.8) is 0 Å². The molecule has 1 N–H and O–H groups in total. The molecule has 1 aliphatic rings. The molecule has 0 aliphatic heterocycles. The van der Waals surface area contributed by atoms with Crippen LogP contribution in [0.15, 0.2) is 22.7 Å². The highest BCUT2D eigenvalue weighted by atomic mass is 79.9. The summed E-state index contributed by atoms with van der Waals surface area (Å²) >= 11 is 3.30. The third-order valence-electron chi connectivity index (χ3n) is 3.17. The van der Waals surface area contributed by atoms with Gasteiger partial charge in [-0.1, -0.05) is 29.3 Å². The van der Waals surface area contributed by atoms with E-state index in [9.17, 15) is 10.1 Å². The molecule has 92 valence electrons. The molecule has 0 heterocycles. The Labute approximate surface area is 109 Å². The molecule has 0 radical (unpaired) electrons. The first-order valence-electron chi connectivity index (χ1n) is 5.77. The number of halogens is 1. The van der Waals surface area contributed by atoms with Crippen molar-refractivity contribution < 1.29 is 4.92 Å². The summed E-state index contributed by atoms with van der Waals surface area (Å²) in [4.78, 5) is 10.4. The van der Waals surface area contributed by atoms with Gasteiger partial charge in [0.1, 0.15) is 0 Å². The Morgan fingerprint density at radius 2 is 2.29 bits per heavy atom. The Kier molecular flexibility index (Phi) is 3.79. The minimum Gasteiger partial charge on any atom is -0.310 e. The van der Waals surface area contributed by atoms with E-state index in [0.29, 0.717) is 12.6 Å². The Morgan fingerprint density at radius 1 is 1.53 bits per heavy atom. The summed E-state index contributed by atoms with van der Waals surface area (Å²) in [5.41, 5.74) is 1.09. The highest BCUT2D eigenvalue weighted by Crippen LogP contribution is 2.33. The number of nitro groups is 1. The first-order chi connectivity index (χ1) is 8.10. The van der Waals surface area contributed by atoms with Gasteiger partial charge in [0.15, 0.2) is 0 Å². The molecule has 0 spiro atoms. The molecule has 4 nitrogen and oxygen atoms in total. The zero-order valence-electron chi connectivity index (χ0n) is 9.65. The van der Waals surface area contributed by atoms with E-state index >= 15 is 0 Å². The lowest BCUT2D eigenvalue weighted by molar-refractivity contribution is -0.385. The van der Waals surface area contributed by atoms with Crippen molar-refractivity contribution in [1.29, 1.82) is 0 Å². The smallest absolute Gasteiger partial charge is 0.270 e. The third kappa shape index (κ3) is 3.26. The van der Waals surface area contributed by atoms with E-state index in [0.717, 1.165) is 16.0 Å². The molecule has 1 aliphatic carbocycles. The molecule has 0 amide bonds. The molecule has 17 heavy (non-hydrogen) atoms. The van der Waals surface area contributed by atoms with Gasteiger partial charge >= 0.3 is 0 Å². The fourth-order valence-corrected chi connectivity index (χ4v) is 2.57. The molecule has 1 saturated carbocycles. The summed E-state index contributed by atoms with van der Waals surface area (Å²) in [7, 11) is 0. The standard InChI is InChI=1S/C12H15BrN2O2/c1-2-9-5-12(9)14-7-8-3-10(13)6-11(4-8)15(16)17/h3-4,6,9,12,14H,2,5,7H2,1H3. The Bertz CT molecular complexity index is 437. The largest absolute Gasteiger partial charge is 0.310 e. The zero-order chi connectivity index (χ0) is 12.4. The lowest BCUT2D eigenvalue weighted by Gasteiger charge is -2.04. The minimum atomic E-state index is -0.361. The molecular weight excluding hydrogens is 284 g/mol. The summed E-state index contributed by atoms with van der Waals surface area (Å²) in [6.45, 7) is 2.89. The number of nitrogens with zero attached hydrogens (tertiary/aromatic N) is 1. The van der Waals surface area contributed by atoms with Gasteiger partial charge in [0.05, 0.1) is 4.92 Å². The molecule has 1 fully saturated rings. The second-order valence-corrected chi connectivity index (χ2v) is 5.38. The van der Waals surface area contributed by atoms with Crippen molar-refractivity contribution in [1.82, 2.24) is 5.32 Å². The van der Waals surface area contributed by atoms with E-state index < -0.39 is 0 Å². The second-order valence-electron chi connectivity index (χ2n) is 4.47. The van der Waals surface area contributed by atoms with E-state index in [1.807, 2.05) is 6.07 Å². The first-order valence-corrected chi connectivity index (χ1v) is 6.56. The number of hydrogen-bond acceptors (Lipinski definition) is 3. The fraction of sp³-hybridized carbons (Fsp3) is 0.500. The summed E-state index contributed by atoms with van der Waals surface area (Å²) in [5.74, 6) is 0.789. The van der Waals surface area contributed by atoms with Gasteiger partial charge in [0.2, 0.25) is 0 Å². The van der Waals surface area contributed by atoms with E-state index in [1.54, 1.807) is 6.07 Å². The van der Waals surface area contributed by atoms with Crippen LogP contribution < -0.4 is 5.32 Å². The number of hydrogen-bond donors (Lipinski definition) is 1. The molecule has 5 heteroatoms. The van der Waals surface area contributed by atoms with Crippen LogP contribution in [-0.2, 0) is 6.54 Å². The van der Waals surface area contributed by atoms with Gasteiger partial charge in [-0.2, -0.15) is 0 Å². The number of rotatable bonds is 5. The maximum Gasteiger partial charge on any atom is 0.270 e. The van der Waals surface area contributed by atoms with Crippen molar-refractivity contribution in [3.05, 3.63) is 38.3 Å². The first kappa shape index (κ1) is 12.5. The van der Waals surface area contributed by atoms with Crippen molar-refractivity contribution >= 4 is 21.6 Å². The summed E-state index contributed by atoms with van der Waals surface area (Å²) < 4.78 is 0.756. The maximum atomic E-state index is 10.7. The number of benzene rings is 1. The number of non-ortho nitro benzene ring substituents is 1. The normalized spacial score (nSPS) is 22.5. The topological polar surface area (TPSA) is 55.2 Å². The maximum absolute atomic E-state index is 10.7. The van der Waals surface area contributed by atoms with Crippen LogP contribution in [0.4, 0.5) is 5.69 Å². The predicted molar refractivity (Wildman–Crippen MR) is 69.8 cm³/mol. The van der Waals surface area contributed by atoms with Crippen LogP contribution in [0.5, 0.6) is 0 Å². The van der Waals surface area contributed by atoms with Crippen LogP contribution >= 0.6 is 15.9 Å². The van der Waals surface area contributed by atoms with Crippen molar-refractivity contribution in [2.45, 2.75) is 32.4 Å². The predicted octanol–water partition coefficient (Wildman–Crippen LogP) is 3.25. The summed E-state index contributed by atoms with van der Waals surface area (Å²) in [5, 5.41) is 14.1. The van der Waals surface area contributed by atoms with Crippen LogP contribution in [0.2, 0.25) is 0 Å². The average Bonchev–Trinajstić information content (AvgIpc) is 3.04. The van der Waals surface area contributed by atoms with Crippen molar-refractivity contribution in [2.24, 2.45) is 5.92 Å². The van der Waals surface area contributed by atoms with Crippen LogP contribution in [-0.4, -0.2) is 11.0 Å². The minimum absolute atomic E-state index is 0.138. The average molecular weight is 299 g/mol. The SMILES string of the molecule is CCC1CC1NCc1cc(Br)cc([N+](=O)[O-])c1. The van der Waals surface area contributed by atoms with Gasteiger partial charge in [-0.25, -0.2) is 0 Å². The van der Waals surface area contributed by atoms with E-state index in [2.05, 4.69) is 28.2 Å². The molecule has 0 bridgehead atoms. The van der Waals surface area contributed by atoms with Gasteiger partial charge in [-0.05, 0) is 24.0 Å². The van der Waals surface area contributed by atoms with Gasteiger partial charge in [-0.15, -0.1) is 0 Å². The van der Waals surface area contributed by atoms with E-state index in [4.69, 9.17) is 0 Å².